The Morgan fingerprint density at radius 3 is 1.72 bits per heavy atom. The van der Waals surface area contributed by atoms with Crippen LogP contribution in [-0.2, 0) is 11.3 Å². The van der Waals surface area contributed by atoms with Crippen molar-refractivity contribution in [3.05, 3.63) is 168 Å². The zero-order valence-corrected chi connectivity index (χ0v) is 29.8. The van der Waals surface area contributed by atoms with Crippen LogP contribution in [-0.4, -0.2) is 15.6 Å². The summed E-state index contributed by atoms with van der Waals surface area (Å²) in [5.41, 5.74) is 10.5. The lowest BCUT2D eigenvalue weighted by molar-refractivity contribution is -0.132. The first-order valence-electron chi connectivity index (χ1n) is 18.2. The Kier molecular flexibility index (Phi) is 10.6. The number of aliphatic carboxylic acids is 1. The van der Waals surface area contributed by atoms with Gasteiger partial charge in [0.05, 0.1) is 0 Å². The van der Waals surface area contributed by atoms with Gasteiger partial charge < -0.3 is 14.6 Å². The summed E-state index contributed by atoms with van der Waals surface area (Å²) in [6.07, 6.45) is 10.4. The molecule has 0 unspecified atom stereocenters. The van der Waals surface area contributed by atoms with Crippen molar-refractivity contribution in [2.75, 3.05) is 4.90 Å². The number of carboxylic acids is 1. The van der Waals surface area contributed by atoms with Gasteiger partial charge in [0.2, 0.25) is 0 Å². The van der Waals surface area contributed by atoms with Crippen LogP contribution in [0.25, 0.3) is 51.2 Å². The largest absolute Gasteiger partial charge is 0.477 e. The molecule has 53 heavy (non-hydrogen) atoms. The Labute approximate surface area is 311 Å². The van der Waals surface area contributed by atoms with Crippen molar-refractivity contribution >= 4 is 63.1 Å². The Hall–Kier alpha value is -6.64. The molecule has 0 spiro atoms. The van der Waals surface area contributed by atoms with Crippen molar-refractivity contribution < 1.29 is 9.90 Å². The number of aryl methyl sites for hydroxylation is 1. The average Bonchev–Trinajstić information content (AvgIpc) is 3.51. The average molecular weight is 692 g/mol. The third-order valence-electron chi connectivity index (χ3n) is 9.68. The molecule has 1 heterocycles. The molecule has 0 aliphatic rings. The summed E-state index contributed by atoms with van der Waals surface area (Å²) in [4.78, 5) is 13.8. The molecular formula is C48H41N3O2. The highest BCUT2D eigenvalue weighted by atomic mass is 16.4. The van der Waals surface area contributed by atoms with Gasteiger partial charge in [-0.3, -0.25) is 0 Å². The van der Waals surface area contributed by atoms with E-state index in [1.165, 1.54) is 25.3 Å². The number of nitrogens with zero attached hydrogens (tertiary/aromatic N) is 3. The van der Waals surface area contributed by atoms with E-state index in [1.807, 2.05) is 30.3 Å². The van der Waals surface area contributed by atoms with Crippen molar-refractivity contribution in [1.29, 1.82) is 5.26 Å². The van der Waals surface area contributed by atoms with Gasteiger partial charge in [0, 0.05) is 45.4 Å². The fourth-order valence-corrected chi connectivity index (χ4v) is 6.96. The van der Waals surface area contributed by atoms with E-state index in [-0.39, 0.29) is 5.57 Å². The summed E-state index contributed by atoms with van der Waals surface area (Å²) < 4.78 is 2.37. The van der Waals surface area contributed by atoms with Crippen LogP contribution in [0, 0.1) is 11.3 Å². The minimum Gasteiger partial charge on any atom is -0.477 e. The Balaban J connectivity index is 1.14. The minimum atomic E-state index is -1.22. The van der Waals surface area contributed by atoms with Gasteiger partial charge in [0.15, 0.2) is 0 Å². The normalized spacial score (nSPS) is 11.7. The summed E-state index contributed by atoms with van der Waals surface area (Å²) in [5, 5.41) is 20.9. The van der Waals surface area contributed by atoms with Gasteiger partial charge in [-0.15, -0.1) is 0 Å². The van der Waals surface area contributed by atoms with Crippen LogP contribution in [0.1, 0.15) is 49.3 Å². The third-order valence-corrected chi connectivity index (χ3v) is 9.68. The van der Waals surface area contributed by atoms with Crippen LogP contribution < -0.4 is 4.90 Å². The van der Waals surface area contributed by atoms with Crippen molar-refractivity contribution in [3.63, 3.8) is 0 Å². The van der Waals surface area contributed by atoms with Gasteiger partial charge in [-0.1, -0.05) is 123 Å². The second-order valence-corrected chi connectivity index (χ2v) is 13.2. The number of aromatic nitrogens is 1. The summed E-state index contributed by atoms with van der Waals surface area (Å²) in [6, 6.07) is 52.5. The SMILES string of the molecule is CCCCCCn1c2ccc(C=Cc3ccc(-c4ccc(N(c5ccccc5)c5ccccc5)cc4)cc3)cc2c2cc(C=C(C#N)C(=O)O)ccc21. The van der Waals surface area contributed by atoms with Crippen LogP contribution >= 0.6 is 0 Å². The van der Waals surface area contributed by atoms with Crippen LogP contribution in [0.15, 0.2) is 151 Å². The maximum Gasteiger partial charge on any atom is 0.346 e. The monoisotopic (exact) mass is 691 g/mol. The van der Waals surface area contributed by atoms with Gasteiger partial charge in [0.1, 0.15) is 11.6 Å². The van der Waals surface area contributed by atoms with E-state index in [0.29, 0.717) is 5.56 Å². The molecule has 5 nitrogen and oxygen atoms in total. The van der Waals surface area contributed by atoms with E-state index in [4.69, 9.17) is 0 Å². The van der Waals surface area contributed by atoms with Crippen LogP contribution in [0.4, 0.5) is 17.1 Å². The van der Waals surface area contributed by atoms with Crippen LogP contribution in [0.3, 0.4) is 0 Å². The van der Waals surface area contributed by atoms with Crippen LogP contribution in [0.2, 0.25) is 0 Å². The molecule has 0 saturated heterocycles. The number of anilines is 3. The highest BCUT2D eigenvalue weighted by Crippen LogP contribution is 2.36. The zero-order valence-electron chi connectivity index (χ0n) is 29.8. The molecule has 0 aliphatic carbocycles. The fraction of sp³-hybridized carbons (Fsp3) is 0.125. The molecule has 0 bridgehead atoms. The van der Waals surface area contributed by atoms with E-state index in [9.17, 15) is 15.2 Å². The molecule has 5 heteroatoms. The van der Waals surface area contributed by atoms with Crippen molar-refractivity contribution in [3.8, 4) is 17.2 Å². The summed E-state index contributed by atoms with van der Waals surface area (Å²) >= 11 is 0. The number of unbranched alkanes of at least 4 members (excludes halogenated alkanes) is 3. The molecule has 7 rings (SSSR count). The molecular weight excluding hydrogens is 651 g/mol. The van der Waals surface area contributed by atoms with Gasteiger partial charge >= 0.3 is 5.97 Å². The molecule has 0 saturated carbocycles. The highest BCUT2D eigenvalue weighted by Gasteiger charge is 2.14. The summed E-state index contributed by atoms with van der Waals surface area (Å²) in [5.74, 6) is -1.22. The number of carbonyl (C=O) groups is 1. The fourth-order valence-electron chi connectivity index (χ4n) is 6.96. The lowest BCUT2D eigenvalue weighted by atomic mass is 10.0. The zero-order chi connectivity index (χ0) is 36.6. The molecule has 1 N–H and O–H groups in total. The topological polar surface area (TPSA) is 69.3 Å². The maximum atomic E-state index is 11.5. The number of hydrogen-bond acceptors (Lipinski definition) is 3. The molecule has 0 atom stereocenters. The molecule has 0 radical (unpaired) electrons. The summed E-state index contributed by atoms with van der Waals surface area (Å²) in [6.45, 7) is 3.13. The Morgan fingerprint density at radius 1 is 0.642 bits per heavy atom. The van der Waals surface area contributed by atoms with Gasteiger partial charge in [-0.25, -0.2) is 4.79 Å². The molecule has 0 aliphatic heterocycles. The molecule has 260 valence electrons. The first-order valence-corrected chi connectivity index (χ1v) is 18.2. The van der Waals surface area contributed by atoms with Crippen molar-refractivity contribution in [2.24, 2.45) is 0 Å². The Morgan fingerprint density at radius 2 is 1.15 bits per heavy atom. The number of hydrogen-bond donors (Lipinski definition) is 1. The number of para-hydroxylation sites is 2. The Bertz CT molecular complexity index is 2410. The molecule has 0 amide bonds. The second-order valence-electron chi connectivity index (χ2n) is 13.2. The second kappa shape index (κ2) is 16.1. The van der Waals surface area contributed by atoms with Gasteiger partial charge in [0.25, 0.3) is 0 Å². The molecule has 0 fully saturated rings. The number of fused-ring (bicyclic) bond motifs is 3. The predicted octanol–water partition coefficient (Wildman–Crippen LogP) is 12.7. The minimum absolute atomic E-state index is 0.280. The number of rotatable bonds is 13. The standard InChI is InChI=1S/C48H41N3O2/c1-2-3-4-11-30-50-46-28-20-36(32-44(46)45-33-37(21-29-47(45)50)31-40(34-49)48(52)53)17-16-35-18-22-38(23-19-35)39-24-26-43(27-25-39)51(41-12-7-5-8-13-41)42-14-9-6-10-15-42/h5-10,12-29,31-33H,2-4,11,30H2,1H3,(H,52,53). The van der Waals surface area contributed by atoms with Crippen molar-refractivity contribution in [1.82, 2.24) is 4.57 Å². The smallest absolute Gasteiger partial charge is 0.346 e. The van der Waals surface area contributed by atoms with Gasteiger partial charge in [-0.2, -0.15) is 5.26 Å². The highest BCUT2D eigenvalue weighted by molar-refractivity contribution is 6.10. The quantitative estimate of drug-likeness (QED) is 0.0565. The first-order chi connectivity index (χ1) is 26.0. The van der Waals surface area contributed by atoms with E-state index >= 15 is 0 Å². The third kappa shape index (κ3) is 7.83. The van der Waals surface area contributed by atoms with E-state index in [2.05, 4.69) is 144 Å². The van der Waals surface area contributed by atoms with E-state index in [0.717, 1.165) is 74.1 Å². The lowest BCUT2D eigenvalue weighted by Gasteiger charge is -2.25. The molecule has 7 aromatic rings. The van der Waals surface area contributed by atoms with Crippen LogP contribution in [0.5, 0.6) is 0 Å². The summed E-state index contributed by atoms with van der Waals surface area (Å²) in [7, 11) is 0. The van der Waals surface area contributed by atoms with Gasteiger partial charge in [-0.05, 0) is 101 Å². The predicted molar refractivity (Wildman–Crippen MR) is 220 cm³/mol. The lowest BCUT2D eigenvalue weighted by Crippen LogP contribution is -2.09. The molecule has 1 aromatic heterocycles. The number of benzene rings is 6. The first kappa shape index (κ1) is 34.8. The maximum absolute atomic E-state index is 11.5. The van der Waals surface area contributed by atoms with Crippen molar-refractivity contribution in [2.45, 2.75) is 39.2 Å². The number of carboxylic acid groups (broad SMARTS) is 1. The number of nitriles is 1. The molecule has 6 aromatic carbocycles. The van der Waals surface area contributed by atoms with E-state index in [1.54, 1.807) is 6.07 Å². The van der Waals surface area contributed by atoms with E-state index < -0.39 is 5.97 Å².